The third-order valence-electron chi connectivity index (χ3n) is 4.34. The van der Waals surface area contributed by atoms with Gasteiger partial charge in [-0.15, -0.1) is 0 Å². The minimum absolute atomic E-state index is 0.0356. The normalized spacial score (nSPS) is 16.6. The summed E-state index contributed by atoms with van der Waals surface area (Å²) >= 11 is 7.33. The Morgan fingerprint density at radius 1 is 1.15 bits per heavy atom. The summed E-state index contributed by atoms with van der Waals surface area (Å²) in [4.78, 5) is 50.8. The summed E-state index contributed by atoms with van der Waals surface area (Å²) in [6, 6.07) is 11.1. The van der Waals surface area contributed by atoms with E-state index in [1.165, 1.54) is 40.9 Å². The van der Waals surface area contributed by atoms with E-state index in [2.05, 4.69) is 10.3 Å². The topological polar surface area (TPSA) is 136 Å². The fourth-order valence-electron chi connectivity index (χ4n) is 2.58. The van der Waals surface area contributed by atoms with Crippen LogP contribution in [0.3, 0.4) is 0 Å². The predicted molar refractivity (Wildman–Crippen MR) is 127 cm³/mol. The Hall–Kier alpha value is -3.37. The van der Waals surface area contributed by atoms with Crippen molar-refractivity contribution in [3.8, 4) is 0 Å². The Kier molecular flexibility index (Phi) is 9.01. The van der Waals surface area contributed by atoms with Crippen LogP contribution in [0.15, 0.2) is 47.5 Å². The molecule has 1 atom stereocenters. The van der Waals surface area contributed by atoms with Crippen LogP contribution in [-0.4, -0.2) is 56.3 Å². The second-order valence-corrected chi connectivity index (χ2v) is 8.56. The summed E-state index contributed by atoms with van der Waals surface area (Å²) in [5.41, 5.74) is 2.09. The average Bonchev–Trinajstić information content (AvgIpc) is 2.73. The van der Waals surface area contributed by atoms with Crippen molar-refractivity contribution in [1.29, 1.82) is 0 Å². The molecular formula is C22H22ClN3O6S. The molecule has 0 saturated carbocycles. The highest BCUT2D eigenvalue weighted by molar-refractivity contribution is 8.15. The number of amides is 2. The van der Waals surface area contributed by atoms with Crippen LogP contribution in [0, 0.1) is 6.92 Å². The summed E-state index contributed by atoms with van der Waals surface area (Å²) in [5, 5.41) is 19.4. The van der Waals surface area contributed by atoms with Crippen molar-refractivity contribution >= 4 is 63.7 Å². The van der Waals surface area contributed by atoms with Crippen LogP contribution >= 0.6 is 23.4 Å². The van der Waals surface area contributed by atoms with Crippen molar-refractivity contribution in [3.63, 3.8) is 0 Å². The van der Waals surface area contributed by atoms with Crippen LogP contribution in [0.4, 0.5) is 11.4 Å². The maximum absolute atomic E-state index is 12.6. The van der Waals surface area contributed by atoms with Gasteiger partial charge in [0.25, 0.3) is 5.97 Å². The zero-order valence-electron chi connectivity index (χ0n) is 18.0. The molecule has 3 rings (SSSR count). The largest absolute Gasteiger partial charge is 0.481 e. The molecule has 33 heavy (non-hydrogen) atoms. The molecule has 0 bridgehead atoms. The number of carbonyl (C=O) groups excluding carboxylic acids is 2. The number of aliphatic imine (C=N–C) groups is 1. The Labute approximate surface area is 199 Å². The van der Waals surface area contributed by atoms with Crippen molar-refractivity contribution in [3.05, 3.63) is 58.6 Å². The van der Waals surface area contributed by atoms with E-state index >= 15 is 0 Å². The quantitative estimate of drug-likeness (QED) is 0.587. The number of thioether (sulfide) groups is 1. The number of carbonyl (C=O) groups is 4. The van der Waals surface area contributed by atoms with Gasteiger partial charge in [0, 0.05) is 31.1 Å². The van der Waals surface area contributed by atoms with Gasteiger partial charge in [0.05, 0.1) is 11.3 Å². The Balaban J connectivity index is 0.000000890. The molecule has 3 N–H and O–H groups in total. The lowest BCUT2D eigenvalue weighted by atomic mass is 10.2. The molecule has 1 aliphatic heterocycles. The van der Waals surface area contributed by atoms with Crippen molar-refractivity contribution in [2.45, 2.75) is 25.5 Å². The van der Waals surface area contributed by atoms with Gasteiger partial charge in [-0.2, -0.15) is 0 Å². The Morgan fingerprint density at radius 2 is 1.76 bits per heavy atom. The molecule has 2 aromatic carbocycles. The zero-order chi connectivity index (χ0) is 24.7. The van der Waals surface area contributed by atoms with Crippen molar-refractivity contribution in [2.24, 2.45) is 4.99 Å². The molecule has 1 unspecified atom stereocenters. The minimum Gasteiger partial charge on any atom is -0.481 e. The van der Waals surface area contributed by atoms with E-state index in [9.17, 15) is 14.4 Å². The van der Waals surface area contributed by atoms with E-state index in [1.807, 2.05) is 13.0 Å². The highest BCUT2D eigenvalue weighted by Crippen LogP contribution is 2.30. The molecule has 0 aliphatic carbocycles. The van der Waals surface area contributed by atoms with Crippen molar-refractivity contribution in [1.82, 2.24) is 4.90 Å². The summed E-state index contributed by atoms with van der Waals surface area (Å²) in [6.07, 6.45) is 0.0356. The first kappa shape index (κ1) is 25.9. The molecule has 2 aromatic rings. The molecule has 0 spiro atoms. The minimum atomic E-state index is -1.04. The lowest BCUT2D eigenvalue weighted by Crippen LogP contribution is -2.43. The molecule has 9 nitrogen and oxygen atoms in total. The average molecular weight is 492 g/mol. The highest BCUT2D eigenvalue weighted by atomic mass is 35.5. The number of aryl methyl sites for hydroxylation is 1. The van der Waals surface area contributed by atoms with Crippen LogP contribution in [0.25, 0.3) is 0 Å². The highest BCUT2D eigenvalue weighted by Gasteiger charge is 2.34. The molecule has 2 amide bonds. The summed E-state index contributed by atoms with van der Waals surface area (Å²) < 4.78 is 0. The third kappa shape index (κ3) is 7.62. The zero-order valence-corrected chi connectivity index (χ0v) is 19.6. The maximum Gasteiger partial charge on any atom is 0.335 e. The van der Waals surface area contributed by atoms with Gasteiger partial charge in [-0.05, 0) is 48.9 Å². The number of carboxylic acids is 2. The molecule has 1 aliphatic rings. The van der Waals surface area contributed by atoms with Crippen molar-refractivity contribution < 1.29 is 29.4 Å². The first-order chi connectivity index (χ1) is 15.5. The first-order valence-corrected chi connectivity index (χ1v) is 10.9. The monoisotopic (exact) mass is 491 g/mol. The van der Waals surface area contributed by atoms with Gasteiger partial charge < -0.3 is 15.5 Å². The van der Waals surface area contributed by atoms with E-state index in [0.29, 0.717) is 21.6 Å². The molecule has 1 heterocycles. The summed E-state index contributed by atoms with van der Waals surface area (Å²) in [5.74, 6) is -2.45. The first-order valence-electron chi connectivity index (χ1n) is 9.59. The maximum atomic E-state index is 12.6. The number of carboxylic acid groups (broad SMARTS) is 2. The Morgan fingerprint density at radius 3 is 2.30 bits per heavy atom. The van der Waals surface area contributed by atoms with E-state index in [1.54, 1.807) is 19.2 Å². The number of aliphatic carboxylic acids is 1. The van der Waals surface area contributed by atoms with Gasteiger partial charge in [0.2, 0.25) is 11.8 Å². The fraction of sp³-hybridized carbons (Fsp3) is 0.227. The van der Waals surface area contributed by atoms with Crippen LogP contribution in [-0.2, 0) is 14.4 Å². The number of halogens is 1. The van der Waals surface area contributed by atoms with Gasteiger partial charge in [-0.3, -0.25) is 19.3 Å². The standard InChI is InChI=1S/C20H18ClN3O4S.C2H4O2/c1-11-3-6-14(9-15(11)21)23-20-24(2)17(25)10-16(29-20)18(26)22-13-7-4-12(5-8-13)19(27)28;1-2(3)4/h3-9,16H,10H2,1-2H3,(H,22,26)(H,27,28);1H3,(H,3,4). The second-order valence-electron chi connectivity index (χ2n) is 6.98. The lowest BCUT2D eigenvalue weighted by Gasteiger charge is -2.28. The number of anilines is 1. The molecule has 0 aromatic heterocycles. The van der Waals surface area contributed by atoms with E-state index < -0.39 is 17.2 Å². The molecule has 1 saturated heterocycles. The predicted octanol–water partition coefficient (Wildman–Crippen LogP) is 4.03. The van der Waals surface area contributed by atoms with Crippen LogP contribution < -0.4 is 5.32 Å². The van der Waals surface area contributed by atoms with Crippen molar-refractivity contribution in [2.75, 3.05) is 12.4 Å². The fourth-order valence-corrected chi connectivity index (χ4v) is 3.82. The summed E-state index contributed by atoms with van der Waals surface area (Å²) in [6.45, 7) is 2.97. The van der Waals surface area contributed by atoms with Gasteiger partial charge in [-0.25, -0.2) is 9.79 Å². The van der Waals surface area contributed by atoms with Crippen LogP contribution in [0.1, 0.15) is 29.3 Å². The SMILES string of the molecule is CC(=O)O.Cc1ccc(N=C2SC(C(=O)Nc3ccc(C(=O)O)cc3)CC(=O)N2C)cc1Cl. The van der Waals surface area contributed by atoms with Gasteiger partial charge in [0.1, 0.15) is 5.25 Å². The second kappa shape index (κ2) is 11.5. The van der Waals surface area contributed by atoms with E-state index in [0.717, 1.165) is 12.5 Å². The van der Waals surface area contributed by atoms with E-state index in [4.69, 9.17) is 26.6 Å². The number of amidine groups is 1. The van der Waals surface area contributed by atoms with Crippen LogP contribution in [0.5, 0.6) is 0 Å². The summed E-state index contributed by atoms with van der Waals surface area (Å²) in [7, 11) is 1.61. The number of hydrogen-bond acceptors (Lipinski definition) is 6. The number of aromatic carboxylic acids is 1. The van der Waals surface area contributed by atoms with Crippen LogP contribution in [0.2, 0.25) is 5.02 Å². The third-order valence-corrected chi connectivity index (χ3v) is 5.99. The molecular weight excluding hydrogens is 470 g/mol. The molecule has 174 valence electrons. The number of nitrogens with one attached hydrogen (secondary N) is 1. The Bertz CT molecular complexity index is 1100. The molecule has 1 fully saturated rings. The van der Waals surface area contributed by atoms with Gasteiger partial charge in [-0.1, -0.05) is 29.4 Å². The number of rotatable bonds is 4. The number of hydrogen-bond donors (Lipinski definition) is 3. The lowest BCUT2D eigenvalue weighted by molar-refractivity contribution is -0.134. The van der Waals surface area contributed by atoms with Gasteiger partial charge >= 0.3 is 5.97 Å². The smallest absolute Gasteiger partial charge is 0.335 e. The number of benzene rings is 2. The van der Waals surface area contributed by atoms with Gasteiger partial charge in [0.15, 0.2) is 5.17 Å². The molecule has 11 heteroatoms. The molecule has 0 radical (unpaired) electrons. The number of nitrogens with zero attached hydrogens (tertiary/aromatic N) is 2. The van der Waals surface area contributed by atoms with E-state index in [-0.39, 0.29) is 23.8 Å².